The van der Waals surface area contributed by atoms with Crippen LogP contribution in [-0.4, -0.2) is 11.9 Å². The van der Waals surface area contributed by atoms with E-state index in [9.17, 15) is 4.79 Å². The molecule has 1 aliphatic carbocycles. The number of hydrogen-bond acceptors (Lipinski definition) is 2. The van der Waals surface area contributed by atoms with Crippen LogP contribution in [0.25, 0.3) is 0 Å². The summed E-state index contributed by atoms with van der Waals surface area (Å²) in [6, 6.07) is 14.0. The summed E-state index contributed by atoms with van der Waals surface area (Å²) < 4.78 is 0. The quantitative estimate of drug-likeness (QED) is 0.290. The second-order valence-electron chi connectivity index (χ2n) is 7.73. The van der Waals surface area contributed by atoms with E-state index in [0.717, 1.165) is 42.6 Å². The van der Waals surface area contributed by atoms with E-state index in [1.807, 2.05) is 36.4 Å². The number of benzene rings is 2. The first-order chi connectivity index (χ1) is 13.5. The SMILES string of the molecule is Cc1cc(C)cc(NC(N)=NCc2cccc(NC(=O)C3CCCCC3)c2)c1.I. The lowest BCUT2D eigenvalue weighted by Crippen LogP contribution is -2.24. The van der Waals surface area contributed by atoms with Gasteiger partial charge in [0.1, 0.15) is 0 Å². The molecule has 0 aliphatic heterocycles. The Hall–Kier alpha value is -2.09. The number of carbonyl (C=O) groups excluding carboxylic acids is 1. The van der Waals surface area contributed by atoms with Crippen molar-refractivity contribution in [2.24, 2.45) is 16.6 Å². The van der Waals surface area contributed by atoms with Gasteiger partial charge in [-0.15, -0.1) is 24.0 Å². The highest BCUT2D eigenvalue weighted by Crippen LogP contribution is 2.25. The minimum absolute atomic E-state index is 0. The van der Waals surface area contributed by atoms with Gasteiger partial charge in [-0.05, 0) is 67.6 Å². The van der Waals surface area contributed by atoms with Gasteiger partial charge in [0.15, 0.2) is 5.96 Å². The second-order valence-corrected chi connectivity index (χ2v) is 7.73. The predicted molar refractivity (Wildman–Crippen MR) is 132 cm³/mol. The third kappa shape index (κ3) is 7.34. The topological polar surface area (TPSA) is 79.5 Å². The zero-order valence-electron chi connectivity index (χ0n) is 17.2. The van der Waals surface area contributed by atoms with Gasteiger partial charge >= 0.3 is 0 Å². The number of nitrogens with one attached hydrogen (secondary N) is 2. The van der Waals surface area contributed by atoms with Crippen LogP contribution in [-0.2, 0) is 11.3 Å². The number of carbonyl (C=O) groups is 1. The zero-order valence-corrected chi connectivity index (χ0v) is 19.5. The summed E-state index contributed by atoms with van der Waals surface area (Å²) in [4.78, 5) is 16.9. The Morgan fingerprint density at radius 1 is 1.00 bits per heavy atom. The van der Waals surface area contributed by atoms with Crippen molar-refractivity contribution in [3.63, 3.8) is 0 Å². The number of aryl methyl sites for hydroxylation is 2. The van der Waals surface area contributed by atoms with Crippen molar-refractivity contribution in [2.45, 2.75) is 52.5 Å². The van der Waals surface area contributed by atoms with Crippen molar-refractivity contribution in [1.29, 1.82) is 0 Å². The number of nitrogens with zero attached hydrogens (tertiary/aromatic N) is 1. The average Bonchev–Trinajstić information content (AvgIpc) is 2.66. The molecule has 0 aromatic heterocycles. The summed E-state index contributed by atoms with van der Waals surface area (Å²) in [6.07, 6.45) is 5.54. The number of amides is 1. The van der Waals surface area contributed by atoms with Crippen LogP contribution in [0.1, 0.15) is 48.8 Å². The number of halogens is 1. The fourth-order valence-corrected chi connectivity index (χ4v) is 3.77. The number of hydrogen-bond donors (Lipinski definition) is 3. The van der Waals surface area contributed by atoms with E-state index in [-0.39, 0.29) is 35.8 Å². The molecule has 0 unspecified atom stereocenters. The molecular weight excluding hydrogens is 475 g/mol. The van der Waals surface area contributed by atoms with E-state index in [2.05, 4.69) is 35.5 Å². The van der Waals surface area contributed by atoms with Crippen LogP contribution in [0.2, 0.25) is 0 Å². The molecule has 0 bridgehead atoms. The van der Waals surface area contributed by atoms with Gasteiger partial charge in [0, 0.05) is 17.3 Å². The Morgan fingerprint density at radius 2 is 1.69 bits per heavy atom. The van der Waals surface area contributed by atoms with Gasteiger partial charge in [0.25, 0.3) is 0 Å². The normalized spacial score (nSPS) is 14.8. The van der Waals surface area contributed by atoms with Crippen LogP contribution < -0.4 is 16.4 Å². The predicted octanol–water partition coefficient (Wildman–Crippen LogP) is 5.37. The highest BCUT2D eigenvalue weighted by Gasteiger charge is 2.20. The minimum Gasteiger partial charge on any atom is -0.370 e. The van der Waals surface area contributed by atoms with Crippen molar-refractivity contribution in [2.75, 3.05) is 10.6 Å². The maximum Gasteiger partial charge on any atom is 0.227 e. The Labute approximate surface area is 190 Å². The van der Waals surface area contributed by atoms with E-state index < -0.39 is 0 Å². The first-order valence-electron chi connectivity index (χ1n) is 10.0. The third-order valence-electron chi connectivity index (χ3n) is 5.10. The van der Waals surface area contributed by atoms with E-state index in [1.54, 1.807) is 0 Å². The molecule has 0 heterocycles. The van der Waals surface area contributed by atoms with E-state index in [0.29, 0.717) is 12.5 Å². The lowest BCUT2D eigenvalue weighted by molar-refractivity contribution is -0.120. The number of rotatable bonds is 5. The first-order valence-corrected chi connectivity index (χ1v) is 10.0. The molecule has 0 spiro atoms. The zero-order chi connectivity index (χ0) is 19.9. The molecule has 1 aliphatic rings. The van der Waals surface area contributed by atoms with Crippen molar-refractivity contribution in [3.8, 4) is 0 Å². The van der Waals surface area contributed by atoms with Crippen molar-refractivity contribution >= 4 is 47.2 Å². The van der Waals surface area contributed by atoms with Crippen molar-refractivity contribution in [1.82, 2.24) is 0 Å². The summed E-state index contributed by atoms with van der Waals surface area (Å²) in [5.74, 6) is 0.658. The highest BCUT2D eigenvalue weighted by molar-refractivity contribution is 14.0. The number of guanidine groups is 1. The molecule has 2 aromatic carbocycles. The Bertz CT molecular complexity index is 839. The molecule has 0 radical (unpaired) electrons. The fraction of sp³-hybridized carbons (Fsp3) is 0.391. The smallest absolute Gasteiger partial charge is 0.227 e. The molecule has 3 rings (SSSR count). The molecule has 1 amide bonds. The summed E-state index contributed by atoms with van der Waals surface area (Å²) in [5.41, 5.74) is 11.2. The van der Waals surface area contributed by atoms with Crippen LogP contribution >= 0.6 is 24.0 Å². The fourth-order valence-electron chi connectivity index (χ4n) is 3.77. The molecule has 2 aromatic rings. The molecule has 156 valence electrons. The molecule has 0 atom stereocenters. The Balaban J connectivity index is 0.00000300. The molecule has 6 heteroatoms. The molecule has 1 fully saturated rings. The van der Waals surface area contributed by atoms with Gasteiger partial charge in [-0.1, -0.05) is 37.5 Å². The molecule has 5 nitrogen and oxygen atoms in total. The van der Waals surface area contributed by atoms with Crippen LogP contribution in [0.4, 0.5) is 11.4 Å². The van der Waals surface area contributed by atoms with Crippen LogP contribution in [0.15, 0.2) is 47.5 Å². The van der Waals surface area contributed by atoms with Crippen LogP contribution in [0.3, 0.4) is 0 Å². The van der Waals surface area contributed by atoms with E-state index in [4.69, 9.17) is 5.73 Å². The van der Waals surface area contributed by atoms with E-state index >= 15 is 0 Å². The van der Waals surface area contributed by atoms with Gasteiger partial charge < -0.3 is 16.4 Å². The second kappa shape index (κ2) is 11.2. The Morgan fingerprint density at radius 3 is 2.38 bits per heavy atom. The molecule has 1 saturated carbocycles. The van der Waals surface area contributed by atoms with Gasteiger partial charge in [0.05, 0.1) is 6.54 Å². The number of anilines is 2. The van der Waals surface area contributed by atoms with Crippen molar-refractivity contribution in [3.05, 3.63) is 59.2 Å². The van der Waals surface area contributed by atoms with Gasteiger partial charge in [-0.3, -0.25) is 4.79 Å². The number of aliphatic imine (C=N–C) groups is 1. The summed E-state index contributed by atoms with van der Waals surface area (Å²) in [7, 11) is 0. The monoisotopic (exact) mass is 506 g/mol. The molecule has 4 N–H and O–H groups in total. The standard InChI is InChI=1S/C23H30N4O.HI/c1-16-11-17(2)13-21(12-16)27-23(24)25-15-18-7-6-10-20(14-18)26-22(28)19-8-4-3-5-9-19;/h6-7,10-14,19H,3-5,8-9,15H2,1-2H3,(H,26,28)(H3,24,25,27);1H. The highest BCUT2D eigenvalue weighted by atomic mass is 127. The summed E-state index contributed by atoms with van der Waals surface area (Å²) in [5, 5.41) is 6.20. The first kappa shape index (κ1) is 23.2. The van der Waals surface area contributed by atoms with Gasteiger partial charge in [0.2, 0.25) is 5.91 Å². The van der Waals surface area contributed by atoms with Gasteiger partial charge in [-0.2, -0.15) is 0 Å². The lowest BCUT2D eigenvalue weighted by atomic mass is 9.88. The number of nitrogens with two attached hydrogens (primary N) is 1. The Kier molecular flexibility index (Phi) is 8.95. The molecule has 29 heavy (non-hydrogen) atoms. The minimum atomic E-state index is 0. The summed E-state index contributed by atoms with van der Waals surface area (Å²) >= 11 is 0. The van der Waals surface area contributed by atoms with E-state index in [1.165, 1.54) is 17.5 Å². The summed E-state index contributed by atoms with van der Waals surface area (Å²) in [6.45, 7) is 4.56. The van der Waals surface area contributed by atoms with Crippen molar-refractivity contribution < 1.29 is 4.79 Å². The van der Waals surface area contributed by atoms with Crippen LogP contribution in [0, 0.1) is 19.8 Å². The molecule has 0 saturated heterocycles. The maximum absolute atomic E-state index is 12.4. The van der Waals surface area contributed by atoms with Crippen LogP contribution in [0.5, 0.6) is 0 Å². The third-order valence-corrected chi connectivity index (χ3v) is 5.10. The largest absolute Gasteiger partial charge is 0.370 e. The van der Waals surface area contributed by atoms with Gasteiger partial charge in [-0.25, -0.2) is 4.99 Å². The molecular formula is C23H31IN4O. The average molecular weight is 506 g/mol. The lowest BCUT2D eigenvalue weighted by Gasteiger charge is -2.20. The maximum atomic E-state index is 12.4.